The van der Waals surface area contributed by atoms with E-state index in [1.807, 2.05) is 0 Å². The molecule has 2 nitrogen and oxygen atoms in total. The molecule has 1 rings (SSSR count). The van der Waals surface area contributed by atoms with Crippen molar-refractivity contribution in [2.75, 3.05) is 7.11 Å². The number of ether oxygens (including phenoxy) is 1. The fourth-order valence-corrected chi connectivity index (χ4v) is 2.08. The molecule has 0 aromatic heterocycles. The SMILES string of the molecule is CCC(N)(CC)c1ccc(C)c(C)c1OC. The Labute approximate surface area is 98.8 Å². The third-order valence-corrected chi connectivity index (χ3v) is 3.68. The van der Waals surface area contributed by atoms with Gasteiger partial charge in [0, 0.05) is 11.1 Å². The van der Waals surface area contributed by atoms with Crippen molar-refractivity contribution in [1.29, 1.82) is 0 Å². The summed E-state index contributed by atoms with van der Waals surface area (Å²) >= 11 is 0. The first-order chi connectivity index (χ1) is 7.50. The fraction of sp³-hybridized carbons (Fsp3) is 0.571. The number of benzene rings is 1. The highest BCUT2D eigenvalue weighted by Crippen LogP contribution is 2.36. The second-order valence-corrected chi connectivity index (χ2v) is 4.45. The molecule has 0 spiro atoms. The maximum absolute atomic E-state index is 6.43. The average molecular weight is 221 g/mol. The average Bonchev–Trinajstić information content (AvgIpc) is 2.31. The lowest BCUT2D eigenvalue weighted by atomic mass is 9.83. The van der Waals surface area contributed by atoms with Crippen LogP contribution in [-0.2, 0) is 5.54 Å². The van der Waals surface area contributed by atoms with Crippen LogP contribution in [0.4, 0.5) is 0 Å². The Hall–Kier alpha value is -1.02. The highest BCUT2D eigenvalue weighted by molar-refractivity contribution is 5.48. The second-order valence-electron chi connectivity index (χ2n) is 4.45. The van der Waals surface area contributed by atoms with E-state index in [0.29, 0.717) is 0 Å². The highest BCUT2D eigenvalue weighted by atomic mass is 16.5. The molecule has 0 radical (unpaired) electrons. The first-order valence-corrected chi connectivity index (χ1v) is 5.93. The van der Waals surface area contributed by atoms with Crippen molar-refractivity contribution in [3.05, 3.63) is 28.8 Å². The van der Waals surface area contributed by atoms with Gasteiger partial charge in [-0.1, -0.05) is 26.0 Å². The van der Waals surface area contributed by atoms with Gasteiger partial charge in [0.2, 0.25) is 0 Å². The predicted octanol–water partition coefficient (Wildman–Crippen LogP) is 3.29. The van der Waals surface area contributed by atoms with Crippen LogP contribution < -0.4 is 10.5 Å². The standard InChI is InChI=1S/C14H23NO/c1-6-14(15,7-2)12-9-8-10(3)11(4)13(12)16-5/h8-9H,6-7,15H2,1-5H3. The molecule has 0 fully saturated rings. The van der Waals surface area contributed by atoms with Crippen LogP contribution in [0.5, 0.6) is 5.75 Å². The van der Waals surface area contributed by atoms with Gasteiger partial charge >= 0.3 is 0 Å². The summed E-state index contributed by atoms with van der Waals surface area (Å²) in [6.07, 6.45) is 1.84. The molecular weight excluding hydrogens is 198 g/mol. The lowest BCUT2D eigenvalue weighted by Gasteiger charge is -2.30. The Balaban J connectivity index is 3.39. The zero-order valence-electron chi connectivity index (χ0n) is 11.1. The first kappa shape index (κ1) is 13.0. The third kappa shape index (κ3) is 2.07. The monoisotopic (exact) mass is 221 g/mol. The minimum Gasteiger partial charge on any atom is -0.496 e. The molecule has 0 atom stereocenters. The molecule has 90 valence electrons. The van der Waals surface area contributed by atoms with Crippen LogP contribution in [0.2, 0.25) is 0 Å². The summed E-state index contributed by atoms with van der Waals surface area (Å²) in [4.78, 5) is 0. The van der Waals surface area contributed by atoms with Crippen molar-refractivity contribution >= 4 is 0 Å². The van der Waals surface area contributed by atoms with E-state index in [2.05, 4.69) is 39.8 Å². The zero-order valence-corrected chi connectivity index (χ0v) is 11.1. The molecule has 2 N–H and O–H groups in total. The Bertz CT molecular complexity index is 367. The van der Waals surface area contributed by atoms with Crippen molar-refractivity contribution in [1.82, 2.24) is 0 Å². The second kappa shape index (κ2) is 4.88. The van der Waals surface area contributed by atoms with Gasteiger partial charge < -0.3 is 10.5 Å². The van der Waals surface area contributed by atoms with E-state index in [0.717, 1.165) is 24.2 Å². The van der Waals surface area contributed by atoms with Gasteiger partial charge in [0.05, 0.1) is 7.11 Å². The summed E-state index contributed by atoms with van der Waals surface area (Å²) in [6.45, 7) is 8.43. The Morgan fingerprint density at radius 2 is 1.75 bits per heavy atom. The molecule has 2 heteroatoms. The van der Waals surface area contributed by atoms with Gasteiger partial charge in [0.15, 0.2) is 0 Å². The molecule has 0 aliphatic rings. The number of hydrogen-bond donors (Lipinski definition) is 1. The van der Waals surface area contributed by atoms with Crippen molar-refractivity contribution in [2.24, 2.45) is 5.73 Å². The smallest absolute Gasteiger partial charge is 0.127 e. The molecular formula is C14H23NO. The van der Waals surface area contributed by atoms with E-state index in [-0.39, 0.29) is 5.54 Å². The number of methoxy groups -OCH3 is 1. The summed E-state index contributed by atoms with van der Waals surface area (Å²) in [5.41, 5.74) is 9.72. The fourth-order valence-electron chi connectivity index (χ4n) is 2.08. The lowest BCUT2D eigenvalue weighted by molar-refractivity contribution is 0.360. The summed E-state index contributed by atoms with van der Waals surface area (Å²) < 4.78 is 5.53. The first-order valence-electron chi connectivity index (χ1n) is 5.93. The van der Waals surface area contributed by atoms with Crippen LogP contribution in [0.3, 0.4) is 0 Å². The topological polar surface area (TPSA) is 35.2 Å². The van der Waals surface area contributed by atoms with E-state index >= 15 is 0 Å². The Kier molecular flexibility index (Phi) is 3.98. The van der Waals surface area contributed by atoms with Crippen molar-refractivity contribution < 1.29 is 4.74 Å². The minimum absolute atomic E-state index is 0.274. The maximum atomic E-state index is 6.43. The van der Waals surface area contributed by atoms with Crippen molar-refractivity contribution in [3.63, 3.8) is 0 Å². The van der Waals surface area contributed by atoms with E-state index in [1.54, 1.807) is 7.11 Å². The quantitative estimate of drug-likeness (QED) is 0.846. The van der Waals surface area contributed by atoms with Gasteiger partial charge in [-0.15, -0.1) is 0 Å². The van der Waals surface area contributed by atoms with Crippen molar-refractivity contribution in [3.8, 4) is 5.75 Å². The summed E-state index contributed by atoms with van der Waals surface area (Å²) in [5.74, 6) is 0.950. The van der Waals surface area contributed by atoms with Gasteiger partial charge in [-0.25, -0.2) is 0 Å². The molecule has 1 aromatic rings. The summed E-state index contributed by atoms with van der Waals surface area (Å²) in [5, 5.41) is 0. The number of hydrogen-bond acceptors (Lipinski definition) is 2. The van der Waals surface area contributed by atoms with Gasteiger partial charge in [-0.05, 0) is 37.8 Å². The van der Waals surface area contributed by atoms with E-state index < -0.39 is 0 Å². The number of aryl methyl sites for hydroxylation is 1. The van der Waals surface area contributed by atoms with Crippen LogP contribution in [0.15, 0.2) is 12.1 Å². The van der Waals surface area contributed by atoms with Gasteiger partial charge in [0.1, 0.15) is 5.75 Å². The highest BCUT2D eigenvalue weighted by Gasteiger charge is 2.27. The molecule has 0 aliphatic carbocycles. The molecule has 0 aliphatic heterocycles. The van der Waals surface area contributed by atoms with E-state index in [4.69, 9.17) is 10.5 Å². The molecule has 1 aromatic carbocycles. The zero-order chi connectivity index (χ0) is 12.3. The minimum atomic E-state index is -0.274. The van der Waals surface area contributed by atoms with Crippen LogP contribution in [0.25, 0.3) is 0 Å². The summed E-state index contributed by atoms with van der Waals surface area (Å²) in [7, 11) is 1.72. The molecule has 0 heterocycles. The maximum Gasteiger partial charge on any atom is 0.127 e. The van der Waals surface area contributed by atoms with E-state index in [9.17, 15) is 0 Å². The predicted molar refractivity (Wildman–Crippen MR) is 68.9 cm³/mol. The van der Waals surface area contributed by atoms with Gasteiger partial charge in [0.25, 0.3) is 0 Å². The molecule has 0 unspecified atom stereocenters. The van der Waals surface area contributed by atoms with Crippen LogP contribution in [0.1, 0.15) is 43.4 Å². The summed E-state index contributed by atoms with van der Waals surface area (Å²) in [6, 6.07) is 4.23. The Morgan fingerprint density at radius 3 is 2.19 bits per heavy atom. The van der Waals surface area contributed by atoms with Crippen molar-refractivity contribution in [2.45, 2.75) is 46.1 Å². The van der Waals surface area contributed by atoms with Crippen LogP contribution in [-0.4, -0.2) is 7.11 Å². The molecule has 0 saturated heterocycles. The molecule has 0 saturated carbocycles. The molecule has 0 bridgehead atoms. The number of nitrogens with two attached hydrogens (primary N) is 1. The lowest BCUT2D eigenvalue weighted by Crippen LogP contribution is -2.35. The molecule has 16 heavy (non-hydrogen) atoms. The molecule has 0 amide bonds. The van der Waals surface area contributed by atoms with Gasteiger partial charge in [-0.2, -0.15) is 0 Å². The third-order valence-electron chi connectivity index (χ3n) is 3.68. The van der Waals surface area contributed by atoms with Crippen LogP contribution >= 0.6 is 0 Å². The van der Waals surface area contributed by atoms with Crippen LogP contribution in [0, 0.1) is 13.8 Å². The normalized spacial score (nSPS) is 11.6. The van der Waals surface area contributed by atoms with E-state index in [1.165, 1.54) is 11.1 Å². The largest absolute Gasteiger partial charge is 0.496 e. The van der Waals surface area contributed by atoms with Gasteiger partial charge in [-0.3, -0.25) is 0 Å². The Morgan fingerprint density at radius 1 is 1.19 bits per heavy atom. The number of rotatable bonds is 4.